The van der Waals surface area contributed by atoms with Crippen LogP contribution in [0.15, 0.2) is 30.3 Å². The molecule has 0 bridgehead atoms. The van der Waals surface area contributed by atoms with Gasteiger partial charge in [0, 0.05) is 32.0 Å². The first-order chi connectivity index (χ1) is 15.8. The molecule has 0 saturated carbocycles. The zero-order chi connectivity index (χ0) is 23.8. The zero-order valence-electron chi connectivity index (χ0n) is 18.6. The van der Waals surface area contributed by atoms with Gasteiger partial charge in [0.2, 0.25) is 0 Å². The van der Waals surface area contributed by atoms with Gasteiger partial charge in [0.1, 0.15) is 22.7 Å². The molecular weight excluding hydrogens is 432 g/mol. The number of amides is 1. The largest absolute Gasteiger partial charge is 0.497 e. The predicted molar refractivity (Wildman–Crippen MR) is 117 cm³/mol. The first-order valence-electron chi connectivity index (χ1n) is 10.4. The zero-order valence-corrected chi connectivity index (χ0v) is 18.6. The number of hydrogen-bond donors (Lipinski definition) is 0. The Balaban J connectivity index is 1.54. The highest BCUT2D eigenvalue weighted by atomic mass is 16.6. The van der Waals surface area contributed by atoms with Crippen molar-refractivity contribution in [3.8, 4) is 23.0 Å². The number of nitro benzene ring substituents is 1. The molecule has 0 aliphatic carbocycles. The monoisotopic (exact) mass is 456 g/mol. The summed E-state index contributed by atoms with van der Waals surface area (Å²) in [5, 5.41) is 11.6. The van der Waals surface area contributed by atoms with Gasteiger partial charge in [-0.2, -0.15) is 0 Å². The smallest absolute Gasteiger partial charge is 0.286 e. The molecule has 0 aromatic heterocycles. The lowest BCUT2D eigenvalue weighted by Crippen LogP contribution is -2.52. The number of fused-ring (bicyclic) bond motifs is 1. The van der Waals surface area contributed by atoms with Crippen molar-refractivity contribution in [2.24, 2.45) is 0 Å². The average Bonchev–Trinajstić information content (AvgIpc) is 2.83. The van der Waals surface area contributed by atoms with Gasteiger partial charge in [0.15, 0.2) is 17.3 Å². The van der Waals surface area contributed by atoms with Crippen molar-refractivity contribution in [3.63, 3.8) is 0 Å². The average molecular weight is 456 g/mol. The van der Waals surface area contributed by atoms with Gasteiger partial charge in [-0.25, -0.2) is 0 Å². The maximum absolute atomic E-state index is 13.2. The molecule has 1 spiro atoms. The van der Waals surface area contributed by atoms with E-state index in [1.807, 2.05) is 0 Å². The predicted octanol–water partition coefficient (Wildman–Crippen LogP) is 3.26. The highest BCUT2D eigenvalue weighted by Crippen LogP contribution is 2.41. The number of carbonyl (C=O) groups excluding carboxylic acids is 2. The van der Waals surface area contributed by atoms with Crippen molar-refractivity contribution in [2.45, 2.75) is 24.9 Å². The number of ketones is 1. The van der Waals surface area contributed by atoms with Crippen LogP contribution in [0, 0.1) is 10.1 Å². The Hall–Kier alpha value is -3.82. The molecule has 2 aromatic carbocycles. The van der Waals surface area contributed by atoms with E-state index in [-0.39, 0.29) is 35.0 Å². The highest BCUT2D eigenvalue weighted by molar-refractivity contribution is 6.01. The van der Waals surface area contributed by atoms with Crippen LogP contribution < -0.4 is 18.9 Å². The van der Waals surface area contributed by atoms with Crippen LogP contribution in [0.2, 0.25) is 0 Å². The lowest BCUT2D eigenvalue weighted by molar-refractivity contribution is -0.385. The minimum absolute atomic E-state index is 0.0366. The number of rotatable bonds is 5. The Morgan fingerprint density at radius 1 is 1.06 bits per heavy atom. The second-order valence-corrected chi connectivity index (χ2v) is 8.02. The Morgan fingerprint density at radius 3 is 2.33 bits per heavy atom. The summed E-state index contributed by atoms with van der Waals surface area (Å²) in [6.07, 6.45) is 1.06. The van der Waals surface area contributed by atoms with E-state index in [4.69, 9.17) is 18.9 Å². The quantitative estimate of drug-likeness (QED) is 0.497. The van der Waals surface area contributed by atoms with Crippen LogP contribution >= 0.6 is 0 Å². The third-order valence-electron chi connectivity index (χ3n) is 6.19. The number of nitrogens with zero attached hydrogens (tertiary/aromatic N) is 2. The van der Waals surface area contributed by atoms with Crippen LogP contribution in [0.4, 0.5) is 5.69 Å². The van der Waals surface area contributed by atoms with Crippen molar-refractivity contribution in [3.05, 3.63) is 51.6 Å². The molecule has 1 saturated heterocycles. The number of nitro groups is 1. The number of carbonyl (C=O) groups is 2. The minimum atomic E-state index is -0.709. The maximum Gasteiger partial charge on any atom is 0.286 e. The van der Waals surface area contributed by atoms with Gasteiger partial charge in [-0.1, -0.05) is 0 Å². The molecule has 4 rings (SSSR count). The van der Waals surface area contributed by atoms with Gasteiger partial charge in [0.05, 0.1) is 44.3 Å². The molecular formula is C23H24N2O8. The summed E-state index contributed by atoms with van der Waals surface area (Å²) in [5.41, 5.74) is -0.657. The fourth-order valence-corrected chi connectivity index (χ4v) is 4.36. The Kier molecular flexibility index (Phi) is 5.84. The van der Waals surface area contributed by atoms with Crippen molar-refractivity contribution >= 4 is 17.4 Å². The standard InChI is InChI=1S/C23H24N2O8/c1-30-14-4-5-19-16(10-14)18(26)13-23(33-19)6-8-24(9-7-23)22(27)15-11-20(31-2)21(32-3)12-17(15)25(28)29/h4-5,10-12H,6-9,13H2,1-3H3. The van der Waals surface area contributed by atoms with Crippen LogP contribution in [0.25, 0.3) is 0 Å². The molecule has 0 radical (unpaired) electrons. The first kappa shape index (κ1) is 22.4. The molecule has 2 heterocycles. The SMILES string of the molecule is COc1ccc2c(c1)C(=O)CC1(CCN(C(=O)c3cc(OC)c(OC)cc3[N+](=O)[O-])CC1)O2. The first-order valence-corrected chi connectivity index (χ1v) is 10.4. The molecule has 10 heteroatoms. The third kappa shape index (κ3) is 4.04. The molecule has 1 fully saturated rings. The maximum atomic E-state index is 13.2. The number of likely N-dealkylation sites (tertiary alicyclic amines) is 1. The van der Waals surface area contributed by atoms with Crippen molar-refractivity contribution in [1.29, 1.82) is 0 Å². The Bertz CT molecular complexity index is 1120. The number of ether oxygens (including phenoxy) is 4. The molecule has 2 aliphatic rings. The van der Waals surface area contributed by atoms with Crippen LogP contribution in [-0.4, -0.2) is 61.5 Å². The van der Waals surface area contributed by atoms with E-state index in [1.165, 1.54) is 38.4 Å². The number of hydrogen-bond acceptors (Lipinski definition) is 8. The van der Waals surface area contributed by atoms with E-state index < -0.39 is 16.4 Å². The van der Waals surface area contributed by atoms with E-state index >= 15 is 0 Å². The summed E-state index contributed by atoms with van der Waals surface area (Å²) >= 11 is 0. The van der Waals surface area contributed by atoms with E-state index in [1.54, 1.807) is 18.2 Å². The third-order valence-corrected chi connectivity index (χ3v) is 6.19. The number of Topliss-reactive ketones (excluding diaryl/α,β-unsaturated/α-hetero) is 1. The summed E-state index contributed by atoms with van der Waals surface area (Å²) in [5.74, 6) is 0.965. The molecule has 174 valence electrons. The molecule has 33 heavy (non-hydrogen) atoms. The second-order valence-electron chi connectivity index (χ2n) is 8.02. The molecule has 2 aromatic rings. The molecule has 0 atom stereocenters. The number of methoxy groups -OCH3 is 3. The van der Waals surface area contributed by atoms with Crippen molar-refractivity contribution in [2.75, 3.05) is 34.4 Å². The van der Waals surface area contributed by atoms with E-state index in [0.717, 1.165) is 0 Å². The molecule has 2 aliphatic heterocycles. The van der Waals surface area contributed by atoms with Crippen LogP contribution in [-0.2, 0) is 0 Å². The van der Waals surface area contributed by atoms with E-state index in [2.05, 4.69) is 0 Å². The Morgan fingerprint density at radius 2 is 1.73 bits per heavy atom. The molecule has 10 nitrogen and oxygen atoms in total. The molecule has 0 unspecified atom stereocenters. The van der Waals surface area contributed by atoms with Crippen molar-refractivity contribution in [1.82, 2.24) is 4.90 Å². The van der Waals surface area contributed by atoms with Crippen LogP contribution in [0.1, 0.15) is 40.0 Å². The van der Waals surface area contributed by atoms with Crippen molar-refractivity contribution < 1.29 is 33.5 Å². The van der Waals surface area contributed by atoms with Gasteiger partial charge in [0.25, 0.3) is 11.6 Å². The van der Waals surface area contributed by atoms with Gasteiger partial charge < -0.3 is 23.8 Å². The summed E-state index contributed by atoms with van der Waals surface area (Å²) in [4.78, 5) is 38.5. The van der Waals surface area contributed by atoms with Gasteiger partial charge in [-0.05, 0) is 18.2 Å². The molecule has 0 N–H and O–H groups in total. The van der Waals surface area contributed by atoms with Gasteiger partial charge in [-0.3, -0.25) is 19.7 Å². The summed E-state index contributed by atoms with van der Waals surface area (Å²) in [7, 11) is 4.30. The topological polar surface area (TPSA) is 117 Å². The fraction of sp³-hybridized carbons (Fsp3) is 0.391. The second kappa shape index (κ2) is 8.61. The summed E-state index contributed by atoms with van der Waals surface area (Å²) in [6.45, 7) is 0.589. The lowest BCUT2D eigenvalue weighted by atomic mass is 9.82. The fourth-order valence-electron chi connectivity index (χ4n) is 4.36. The Labute approximate surface area is 190 Å². The molecule has 1 amide bonds. The van der Waals surface area contributed by atoms with Gasteiger partial charge in [-0.15, -0.1) is 0 Å². The van der Waals surface area contributed by atoms with Gasteiger partial charge >= 0.3 is 0 Å². The number of piperidine rings is 1. The normalized spacial score (nSPS) is 16.6. The summed E-state index contributed by atoms with van der Waals surface area (Å²) in [6, 6.07) is 7.64. The van der Waals surface area contributed by atoms with Crippen LogP contribution in [0.5, 0.6) is 23.0 Å². The number of benzene rings is 2. The van der Waals surface area contributed by atoms with Crippen LogP contribution in [0.3, 0.4) is 0 Å². The summed E-state index contributed by atoms with van der Waals surface area (Å²) < 4.78 is 21.8. The lowest BCUT2D eigenvalue weighted by Gasteiger charge is -2.44. The van der Waals surface area contributed by atoms with E-state index in [9.17, 15) is 19.7 Å². The van der Waals surface area contributed by atoms with E-state index in [0.29, 0.717) is 43.0 Å². The minimum Gasteiger partial charge on any atom is -0.497 e. The highest BCUT2D eigenvalue weighted by Gasteiger charge is 2.44.